The quantitative estimate of drug-likeness (QED) is 0.718. The van der Waals surface area contributed by atoms with E-state index in [1.165, 1.54) is 0 Å². The Morgan fingerprint density at radius 2 is 2.00 bits per heavy atom. The van der Waals surface area contributed by atoms with Crippen molar-refractivity contribution < 1.29 is 14.3 Å². The van der Waals surface area contributed by atoms with E-state index < -0.39 is 0 Å². The standard InChI is InChI=1S/C10H17NO3/c12-10(9-4-2-6-14-9)11-7-8-3-1-5-13-8/h8-9H,1-7H2,(H,11,12). The van der Waals surface area contributed by atoms with E-state index in [4.69, 9.17) is 9.47 Å². The van der Waals surface area contributed by atoms with Crippen LogP contribution in [0, 0.1) is 0 Å². The maximum atomic E-state index is 11.5. The molecule has 2 atom stereocenters. The monoisotopic (exact) mass is 199 g/mol. The molecule has 2 aliphatic heterocycles. The van der Waals surface area contributed by atoms with E-state index in [1.54, 1.807) is 0 Å². The summed E-state index contributed by atoms with van der Waals surface area (Å²) in [5, 5.41) is 2.88. The fourth-order valence-corrected chi connectivity index (χ4v) is 1.92. The fraction of sp³-hybridized carbons (Fsp3) is 0.900. The van der Waals surface area contributed by atoms with E-state index >= 15 is 0 Å². The first-order valence-electron chi connectivity index (χ1n) is 5.37. The van der Waals surface area contributed by atoms with Crippen LogP contribution in [0.25, 0.3) is 0 Å². The van der Waals surface area contributed by atoms with Crippen LogP contribution >= 0.6 is 0 Å². The summed E-state index contributed by atoms with van der Waals surface area (Å²) in [4.78, 5) is 11.5. The number of ether oxygens (including phenoxy) is 2. The van der Waals surface area contributed by atoms with Crippen molar-refractivity contribution in [1.82, 2.24) is 5.32 Å². The van der Waals surface area contributed by atoms with Crippen LogP contribution in [0.15, 0.2) is 0 Å². The van der Waals surface area contributed by atoms with Crippen LogP contribution in [-0.4, -0.2) is 37.9 Å². The number of rotatable bonds is 3. The molecule has 0 aliphatic carbocycles. The van der Waals surface area contributed by atoms with E-state index in [1.807, 2.05) is 0 Å². The molecule has 0 radical (unpaired) electrons. The zero-order valence-corrected chi connectivity index (χ0v) is 8.33. The van der Waals surface area contributed by atoms with Gasteiger partial charge in [-0.05, 0) is 25.7 Å². The van der Waals surface area contributed by atoms with Crippen molar-refractivity contribution >= 4 is 5.91 Å². The number of carbonyl (C=O) groups is 1. The molecule has 1 N–H and O–H groups in total. The predicted octanol–water partition coefficient (Wildman–Crippen LogP) is 0.461. The lowest BCUT2D eigenvalue weighted by molar-refractivity contribution is -0.130. The minimum atomic E-state index is -0.212. The van der Waals surface area contributed by atoms with Crippen LogP contribution in [0.3, 0.4) is 0 Å². The normalized spacial score (nSPS) is 32.0. The maximum Gasteiger partial charge on any atom is 0.249 e. The summed E-state index contributed by atoms with van der Waals surface area (Å²) in [6.07, 6.45) is 4.04. The fourth-order valence-electron chi connectivity index (χ4n) is 1.92. The number of carbonyl (C=O) groups excluding carboxylic acids is 1. The zero-order valence-electron chi connectivity index (χ0n) is 8.33. The van der Waals surface area contributed by atoms with Crippen molar-refractivity contribution in [2.45, 2.75) is 37.9 Å². The lowest BCUT2D eigenvalue weighted by Crippen LogP contribution is -2.38. The molecule has 4 heteroatoms. The van der Waals surface area contributed by atoms with Crippen molar-refractivity contribution in [3.63, 3.8) is 0 Å². The van der Waals surface area contributed by atoms with Crippen LogP contribution in [-0.2, 0) is 14.3 Å². The highest BCUT2D eigenvalue weighted by molar-refractivity contribution is 5.80. The molecule has 4 nitrogen and oxygen atoms in total. The summed E-state index contributed by atoms with van der Waals surface area (Å²) in [6.45, 7) is 2.19. The second-order valence-electron chi connectivity index (χ2n) is 3.88. The van der Waals surface area contributed by atoms with E-state index in [0.717, 1.165) is 38.9 Å². The van der Waals surface area contributed by atoms with Crippen molar-refractivity contribution in [2.75, 3.05) is 19.8 Å². The third-order valence-corrected chi connectivity index (χ3v) is 2.75. The zero-order chi connectivity index (χ0) is 9.80. The summed E-state index contributed by atoms with van der Waals surface area (Å²) in [7, 11) is 0. The second-order valence-corrected chi connectivity index (χ2v) is 3.88. The molecule has 2 aliphatic rings. The Bertz CT molecular complexity index is 196. The molecule has 0 aromatic carbocycles. The largest absolute Gasteiger partial charge is 0.376 e. The van der Waals surface area contributed by atoms with Gasteiger partial charge in [-0.1, -0.05) is 0 Å². The molecular weight excluding hydrogens is 182 g/mol. The number of hydrogen-bond donors (Lipinski definition) is 1. The molecule has 2 unspecified atom stereocenters. The first-order valence-corrected chi connectivity index (χ1v) is 5.37. The van der Waals surface area contributed by atoms with Gasteiger partial charge in [0, 0.05) is 19.8 Å². The van der Waals surface area contributed by atoms with Gasteiger partial charge < -0.3 is 14.8 Å². The summed E-state index contributed by atoms with van der Waals surface area (Å²) in [6, 6.07) is 0. The van der Waals surface area contributed by atoms with Gasteiger partial charge >= 0.3 is 0 Å². The Hall–Kier alpha value is -0.610. The van der Waals surface area contributed by atoms with Gasteiger partial charge in [0.1, 0.15) is 6.10 Å². The van der Waals surface area contributed by atoms with Crippen molar-refractivity contribution in [3.05, 3.63) is 0 Å². The first-order chi connectivity index (χ1) is 6.86. The number of amides is 1. The van der Waals surface area contributed by atoms with Crippen molar-refractivity contribution in [3.8, 4) is 0 Å². The summed E-state index contributed by atoms with van der Waals surface area (Å²) in [5.41, 5.74) is 0. The molecule has 2 rings (SSSR count). The lowest BCUT2D eigenvalue weighted by Gasteiger charge is -2.13. The van der Waals surface area contributed by atoms with Gasteiger partial charge in [0.15, 0.2) is 0 Å². The molecule has 0 spiro atoms. The SMILES string of the molecule is O=C(NCC1CCCO1)C1CCCO1. The molecule has 2 saturated heterocycles. The van der Waals surface area contributed by atoms with Crippen molar-refractivity contribution in [2.24, 2.45) is 0 Å². The molecule has 0 saturated carbocycles. The molecule has 80 valence electrons. The predicted molar refractivity (Wildman–Crippen MR) is 51.0 cm³/mol. The summed E-state index contributed by atoms with van der Waals surface area (Å²) in [5.74, 6) is 0.0259. The molecule has 14 heavy (non-hydrogen) atoms. The van der Waals surface area contributed by atoms with Gasteiger partial charge in [-0.2, -0.15) is 0 Å². The molecule has 2 heterocycles. The molecule has 0 aromatic heterocycles. The molecule has 1 amide bonds. The van der Waals surface area contributed by atoms with Gasteiger partial charge in [0.25, 0.3) is 0 Å². The Labute approximate surface area is 84.0 Å². The summed E-state index contributed by atoms with van der Waals surface area (Å²) < 4.78 is 10.7. The minimum absolute atomic E-state index is 0.0259. The van der Waals surface area contributed by atoms with Gasteiger partial charge in [-0.3, -0.25) is 4.79 Å². The molecule has 0 bridgehead atoms. The van der Waals surface area contributed by atoms with Crippen LogP contribution in [0.1, 0.15) is 25.7 Å². The Kier molecular flexibility index (Phi) is 3.37. The third-order valence-electron chi connectivity index (χ3n) is 2.75. The second kappa shape index (κ2) is 4.75. The average Bonchev–Trinajstić information content (AvgIpc) is 2.87. The highest BCUT2D eigenvalue weighted by Gasteiger charge is 2.24. The lowest BCUT2D eigenvalue weighted by atomic mass is 10.2. The third kappa shape index (κ3) is 2.45. The Balaban J connectivity index is 1.66. The van der Waals surface area contributed by atoms with E-state index in [9.17, 15) is 4.79 Å². The van der Waals surface area contributed by atoms with Gasteiger partial charge in [-0.25, -0.2) is 0 Å². The smallest absolute Gasteiger partial charge is 0.249 e. The van der Waals surface area contributed by atoms with E-state index in [-0.39, 0.29) is 18.1 Å². The first kappa shape index (κ1) is 9.93. The Morgan fingerprint density at radius 1 is 1.21 bits per heavy atom. The van der Waals surface area contributed by atoms with Gasteiger partial charge in [-0.15, -0.1) is 0 Å². The topological polar surface area (TPSA) is 47.6 Å². The van der Waals surface area contributed by atoms with Crippen LogP contribution in [0.4, 0.5) is 0 Å². The van der Waals surface area contributed by atoms with Gasteiger partial charge in [0.2, 0.25) is 5.91 Å². The van der Waals surface area contributed by atoms with Crippen LogP contribution < -0.4 is 5.32 Å². The Morgan fingerprint density at radius 3 is 2.64 bits per heavy atom. The number of hydrogen-bond acceptors (Lipinski definition) is 3. The van der Waals surface area contributed by atoms with E-state index in [0.29, 0.717) is 6.54 Å². The van der Waals surface area contributed by atoms with Crippen LogP contribution in [0.2, 0.25) is 0 Å². The number of nitrogens with one attached hydrogen (secondary N) is 1. The maximum absolute atomic E-state index is 11.5. The van der Waals surface area contributed by atoms with Crippen molar-refractivity contribution in [1.29, 1.82) is 0 Å². The molecule has 2 fully saturated rings. The highest BCUT2D eigenvalue weighted by atomic mass is 16.5. The molecule has 0 aromatic rings. The average molecular weight is 199 g/mol. The molecular formula is C10H17NO3. The highest BCUT2D eigenvalue weighted by Crippen LogP contribution is 2.13. The van der Waals surface area contributed by atoms with Gasteiger partial charge in [0.05, 0.1) is 6.10 Å². The van der Waals surface area contributed by atoms with E-state index in [2.05, 4.69) is 5.32 Å². The minimum Gasteiger partial charge on any atom is -0.376 e. The van der Waals surface area contributed by atoms with Crippen LogP contribution in [0.5, 0.6) is 0 Å². The summed E-state index contributed by atoms with van der Waals surface area (Å²) >= 11 is 0.